The van der Waals surface area contributed by atoms with Gasteiger partial charge in [0.25, 0.3) is 0 Å². The lowest BCUT2D eigenvalue weighted by Gasteiger charge is -2.39. The van der Waals surface area contributed by atoms with Gasteiger partial charge in [-0.3, -0.25) is 15.0 Å². The topological polar surface area (TPSA) is 177 Å². The van der Waals surface area contributed by atoms with Gasteiger partial charge in [0.2, 0.25) is 21.8 Å². The SMILES string of the molecule is CN(C(=O)[C@@H](CC(=O)N1CCC[C@H]1C(=O)O)NS(=O)(=O)c1ccc2ccccc2c1)C1CCCN(C(=N)N)C1. The van der Waals surface area contributed by atoms with Crippen molar-refractivity contribution < 1.29 is 27.9 Å². The third-order valence-electron chi connectivity index (χ3n) is 7.50. The molecule has 4 rings (SSSR count). The van der Waals surface area contributed by atoms with Crippen molar-refractivity contribution in [2.75, 3.05) is 26.7 Å². The zero-order chi connectivity index (χ0) is 28.3. The van der Waals surface area contributed by atoms with Gasteiger partial charge in [0.15, 0.2) is 5.96 Å². The minimum Gasteiger partial charge on any atom is -0.480 e. The van der Waals surface area contributed by atoms with Crippen LogP contribution in [-0.2, 0) is 24.4 Å². The average Bonchev–Trinajstić information content (AvgIpc) is 3.42. The molecule has 0 saturated carbocycles. The van der Waals surface area contributed by atoms with E-state index in [4.69, 9.17) is 11.1 Å². The number of benzene rings is 2. The summed E-state index contributed by atoms with van der Waals surface area (Å²) in [7, 11) is -2.70. The summed E-state index contributed by atoms with van der Waals surface area (Å²) < 4.78 is 29.3. The normalized spacial score (nSPS) is 20.5. The Morgan fingerprint density at radius 1 is 1.13 bits per heavy atom. The van der Waals surface area contributed by atoms with Crippen LogP contribution in [-0.4, -0.2) is 96.8 Å². The predicted molar refractivity (Wildman–Crippen MR) is 144 cm³/mol. The summed E-state index contributed by atoms with van der Waals surface area (Å²) in [6, 6.07) is 9.03. The second-order valence-electron chi connectivity index (χ2n) is 10.0. The van der Waals surface area contributed by atoms with Crippen LogP contribution in [0.15, 0.2) is 47.4 Å². The number of aliphatic carboxylic acids is 1. The number of carbonyl (C=O) groups is 3. The summed E-state index contributed by atoms with van der Waals surface area (Å²) in [6.45, 7) is 1.11. The molecule has 0 spiro atoms. The molecule has 0 radical (unpaired) electrons. The Morgan fingerprint density at radius 3 is 2.51 bits per heavy atom. The van der Waals surface area contributed by atoms with Crippen LogP contribution in [0.3, 0.4) is 0 Å². The maximum Gasteiger partial charge on any atom is 0.326 e. The molecular weight excluding hydrogens is 524 g/mol. The molecule has 2 aliphatic heterocycles. The van der Waals surface area contributed by atoms with Crippen LogP contribution in [0, 0.1) is 5.41 Å². The van der Waals surface area contributed by atoms with Gasteiger partial charge in [-0.15, -0.1) is 0 Å². The number of carboxylic acid groups (broad SMARTS) is 1. The summed E-state index contributed by atoms with van der Waals surface area (Å²) in [5.74, 6) is -2.47. The van der Waals surface area contributed by atoms with E-state index in [0.717, 1.165) is 5.39 Å². The summed E-state index contributed by atoms with van der Waals surface area (Å²) in [5.41, 5.74) is 5.64. The number of carbonyl (C=O) groups excluding carboxylic acids is 2. The number of amides is 2. The Hall–Kier alpha value is -3.71. The molecule has 0 aliphatic carbocycles. The van der Waals surface area contributed by atoms with Gasteiger partial charge in [0.1, 0.15) is 12.1 Å². The van der Waals surface area contributed by atoms with E-state index in [0.29, 0.717) is 44.2 Å². The Bertz CT molecular complexity index is 1380. The molecule has 2 fully saturated rings. The molecule has 0 bridgehead atoms. The smallest absolute Gasteiger partial charge is 0.326 e. The van der Waals surface area contributed by atoms with Crippen molar-refractivity contribution in [2.45, 2.75) is 55.1 Å². The molecule has 1 unspecified atom stereocenters. The fraction of sp³-hybridized carbons (Fsp3) is 0.462. The number of likely N-dealkylation sites (N-methyl/N-ethyl adjacent to an activating group) is 1. The largest absolute Gasteiger partial charge is 0.480 e. The van der Waals surface area contributed by atoms with Crippen LogP contribution >= 0.6 is 0 Å². The van der Waals surface area contributed by atoms with Gasteiger partial charge in [0, 0.05) is 32.7 Å². The minimum absolute atomic E-state index is 0.0564. The first-order chi connectivity index (χ1) is 18.5. The van der Waals surface area contributed by atoms with E-state index in [2.05, 4.69) is 4.72 Å². The lowest BCUT2D eigenvalue weighted by Crippen LogP contribution is -2.57. The van der Waals surface area contributed by atoms with Crippen LogP contribution in [0.4, 0.5) is 0 Å². The van der Waals surface area contributed by atoms with Crippen molar-refractivity contribution in [3.63, 3.8) is 0 Å². The van der Waals surface area contributed by atoms with Crippen molar-refractivity contribution >= 4 is 44.5 Å². The van der Waals surface area contributed by atoms with E-state index in [1.54, 1.807) is 23.1 Å². The highest BCUT2D eigenvalue weighted by atomic mass is 32.2. The third kappa shape index (κ3) is 6.31. The van der Waals surface area contributed by atoms with Gasteiger partial charge in [-0.25, -0.2) is 13.2 Å². The van der Waals surface area contributed by atoms with E-state index in [1.165, 1.54) is 29.0 Å². The Labute approximate surface area is 227 Å². The van der Waals surface area contributed by atoms with Crippen LogP contribution in [0.25, 0.3) is 10.8 Å². The zero-order valence-corrected chi connectivity index (χ0v) is 22.6. The Balaban J connectivity index is 1.60. The number of hydrogen-bond donors (Lipinski definition) is 4. The fourth-order valence-corrected chi connectivity index (χ4v) is 6.52. The number of guanidine groups is 1. The minimum atomic E-state index is -4.23. The molecule has 3 atom stereocenters. The number of fused-ring (bicyclic) bond motifs is 1. The van der Waals surface area contributed by atoms with Gasteiger partial charge < -0.3 is 25.5 Å². The van der Waals surface area contributed by atoms with E-state index < -0.39 is 46.3 Å². The van der Waals surface area contributed by atoms with Gasteiger partial charge in [-0.1, -0.05) is 30.3 Å². The predicted octanol–water partition coefficient (Wildman–Crippen LogP) is 0.769. The number of likely N-dealkylation sites (tertiary alicyclic amines) is 2. The first kappa shape index (κ1) is 28.3. The van der Waals surface area contributed by atoms with Crippen LogP contribution in [0.5, 0.6) is 0 Å². The van der Waals surface area contributed by atoms with E-state index in [9.17, 15) is 27.9 Å². The highest BCUT2D eigenvalue weighted by Gasteiger charge is 2.39. The molecule has 210 valence electrons. The summed E-state index contributed by atoms with van der Waals surface area (Å²) in [4.78, 5) is 42.8. The molecule has 13 heteroatoms. The lowest BCUT2D eigenvalue weighted by molar-refractivity contribution is -0.149. The van der Waals surface area contributed by atoms with E-state index in [1.807, 2.05) is 12.1 Å². The number of carboxylic acids is 1. The molecule has 0 aromatic heterocycles. The van der Waals surface area contributed by atoms with Gasteiger partial charge in [-0.2, -0.15) is 4.72 Å². The fourth-order valence-electron chi connectivity index (χ4n) is 5.30. The number of nitrogens with two attached hydrogens (primary N) is 1. The van der Waals surface area contributed by atoms with Gasteiger partial charge in [0.05, 0.1) is 11.3 Å². The molecule has 12 nitrogen and oxygen atoms in total. The monoisotopic (exact) mass is 558 g/mol. The third-order valence-corrected chi connectivity index (χ3v) is 8.97. The summed E-state index contributed by atoms with van der Waals surface area (Å²) in [6.07, 6.45) is 1.58. The maximum atomic E-state index is 13.7. The number of hydrogen-bond acceptors (Lipinski definition) is 6. The number of nitrogens with zero attached hydrogens (tertiary/aromatic N) is 3. The highest BCUT2D eigenvalue weighted by Crippen LogP contribution is 2.23. The number of rotatable bonds is 8. The molecule has 39 heavy (non-hydrogen) atoms. The standard InChI is InChI=1S/C26H34N6O6S/c1-30(19-8-4-12-31(16-19)26(27)28)24(34)21(15-23(33)32-13-5-9-22(32)25(35)36)29-39(37,38)20-11-10-17-6-2-3-7-18(17)14-20/h2-3,6-7,10-11,14,19,21-22,29H,4-5,8-9,12-13,15-16H2,1H3,(H3,27,28)(H,35,36)/t19?,21-,22+/m1/s1. The molecule has 2 aromatic carbocycles. The van der Waals surface area contributed by atoms with Crippen molar-refractivity contribution in [3.05, 3.63) is 42.5 Å². The first-order valence-electron chi connectivity index (χ1n) is 12.9. The maximum absolute atomic E-state index is 13.7. The Morgan fingerprint density at radius 2 is 1.82 bits per heavy atom. The number of piperidine rings is 1. The molecule has 5 N–H and O–H groups in total. The molecule has 2 amide bonds. The molecule has 2 saturated heterocycles. The van der Waals surface area contributed by atoms with Crippen molar-refractivity contribution in [1.82, 2.24) is 19.4 Å². The van der Waals surface area contributed by atoms with Crippen molar-refractivity contribution in [3.8, 4) is 0 Å². The summed E-state index contributed by atoms with van der Waals surface area (Å²) >= 11 is 0. The zero-order valence-electron chi connectivity index (χ0n) is 21.7. The molecule has 2 heterocycles. The molecular formula is C26H34N6O6S. The number of nitrogens with one attached hydrogen (secondary N) is 2. The van der Waals surface area contributed by atoms with Gasteiger partial charge >= 0.3 is 5.97 Å². The second-order valence-corrected chi connectivity index (χ2v) is 11.8. The average molecular weight is 559 g/mol. The van der Waals surface area contributed by atoms with E-state index >= 15 is 0 Å². The Kier molecular flexibility index (Phi) is 8.40. The van der Waals surface area contributed by atoms with Crippen molar-refractivity contribution in [2.24, 2.45) is 5.73 Å². The first-order valence-corrected chi connectivity index (χ1v) is 14.4. The second kappa shape index (κ2) is 11.6. The van der Waals surface area contributed by atoms with Gasteiger partial charge in [-0.05, 0) is 48.6 Å². The highest BCUT2D eigenvalue weighted by molar-refractivity contribution is 7.89. The van der Waals surface area contributed by atoms with Crippen molar-refractivity contribution in [1.29, 1.82) is 5.41 Å². The lowest BCUT2D eigenvalue weighted by atomic mass is 10.0. The number of sulfonamides is 1. The molecule has 2 aromatic rings. The molecule has 2 aliphatic rings. The van der Waals surface area contributed by atoms with Crippen LogP contribution < -0.4 is 10.5 Å². The quantitative estimate of drug-likeness (QED) is 0.271. The van der Waals surface area contributed by atoms with E-state index in [-0.39, 0.29) is 23.4 Å². The van der Waals surface area contributed by atoms with Crippen LogP contribution in [0.1, 0.15) is 32.1 Å². The van der Waals surface area contributed by atoms with Crippen LogP contribution in [0.2, 0.25) is 0 Å². The summed E-state index contributed by atoms with van der Waals surface area (Å²) in [5, 5.41) is 18.8.